The van der Waals surface area contributed by atoms with Gasteiger partial charge in [0.05, 0.1) is 12.2 Å². The van der Waals surface area contributed by atoms with Gasteiger partial charge < -0.3 is 24.5 Å². The summed E-state index contributed by atoms with van der Waals surface area (Å²) < 4.78 is 49.1. The highest BCUT2D eigenvalue weighted by Crippen LogP contribution is 2.29. The maximum Gasteiger partial charge on any atom is 0.416 e. The lowest BCUT2D eigenvalue weighted by atomic mass is 9.97. The van der Waals surface area contributed by atoms with Crippen LogP contribution in [0.1, 0.15) is 29.5 Å². The summed E-state index contributed by atoms with van der Waals surface area (Å²) in [7, 11) is 3.69. The smallest absolute Gasteiger partial charge is 0.416 e. The number of likely N-dealkylation sites (tertiary alicyclic amines) is 1. The van der Waals surface area contributed by atoms with E-state index in [4.69, 9.17) is 26.5 Å². The van der Waals surface area contributed by atoms with Gasteiger partial charge in [-0.25, -0.2) is 0 Å². The molecule has 0 aliphatic carbocycles. The number of oxime groups is 1. The molecule has 0 atom stereocenters. The van der Waals surface area contributed by atoms with Crippen LogP contribution < -0.4 is 10.1 Å². The highest BCUT2D eigenvalue weighted by Gasteiger charge is 2.29. The van der Waals surface area contributed by atoms with Gasteiger partial charge in [0, 0.05) is 19.2 Å². The van der Waals surface area contributed by atoms with Crippen LogP contribution in [0.2, 0.25) is 0 Å². The fraction of sp³-hybridized carbons (Fsp3) is 0.462. The molecule has 196 valence electrons. The average Bonchev–Trinajstić information content (AvgIpc) is 2.87. The molecule has 0 radical (unpaired) electrons. The first-order valence-electron chi connectivity index (χ1n) is 11.8. The summed E-state index contributed by atoms with van der Waals surface area (Å²) in [6.07, 6.45) is -2.02. The molecule has 0 bridgehead atoms. The predicted octanol–water partition coefficient (Wildman–Crippen LogP) is 4.91. The monoisotopic (exact) mass is 523 g/mol. The summed E-state index contributed by atoms with van der Waals surface area (Å²) in [5.74, 6) is 1.31. The number of benzene rings is 2. The number of alkyl halides is 3. The van der Waals surface area contributed by atoms with Crippen LogP contribution in [0.5, 0.6) is 5.75 Å². The Morgan fingerprint density at radius 2 is 1.72 bits per heavy atom. The predicted molar refractivity (Wildman–Crippen MR) is 137 cm³/mol. The number of nitrogens with one attached hydrogen (secondary N) is 1. The SMILES string of the molecule is COCC(=NOCc1ccc(C(F)(F)F)cc1)c1ccc(OCC(=S)NCC2CCN(C)CC2)cc1. The molecule has 36 heavy (non-hydrogen) atoms. The summed E-state index contributed by atoms with van der Waals surface area (Å²) in [6, 6.07) is 12.1. The highest BCUT2D eigenvalue weighted by atomic mass is 32.1. The van der Waals surface area contributed by atoms with Crippen molar-refractivity contribution in [1.29, 1.82) is 0 Å². The first-order chi connectivity index (χ1) is 17.2. The molecule has 0 spiro atoms. The second-order valence-corrected chi connectivity index (χ2v) is 9.30. The number of ether oxygens (including phenoxy) is 2. The van der Waals surface area contributed by atoms with Crippen LogP contribution in [0, 0.1) is 5.92 Å². The Bertz CT molecular complexity index is 990. The van der Waals surface area contributed by atoms with E-state index in [1.807, 2.05) is 24.3 Å². The van der Waals surface area contributed by atoms with E-state index < -0.39 is 11.7 Å². The van der Waals surface area contributed by atoms with Crippen molar-refractivity contribution >= 4 is 22.9 Å². The molecule has 3 rings (SSSR count). The Hall–Kier alpha value is -2.69. The normalized spacial score (nSPS) is 15.5. The molecular formula is C26H32F3N3O3S. The minimum Gasteiger partial charge on any atom is -0.486 e. The molecule has 0 unspecified atom stereocenters. The molecule has 6 nitrogen and oxygen atoms in total. The van der Waals surface area contributed by atoms with Crippen molar-refractivity contribution in [2.45, 2.75) is 25.6 Å². The van der Waals surface area contributed by atoms with Gasteiger partial charge in [-0.3, -0.25) is 0 Å². The van der Waals surface area contributed by atoms with Gasteiger partial charge in [-0.1, -0.05) is 29.5 Å². The quantitative estimate of drug-likeness (QED) is 0.257. The summed E-state index contributed by atoms with van der Waals surface area (Å²) >= 11 is 5.41. The van der Waals surface area contributed by atoms with E-state index in [0.29, 0.717) is 34.5 Å². The van der Waals surface area contributed by atoms with Crippen LogP contribution >= 0.6 is 12.2 Å². The molecule has 0 aromatic heterocycles. The average molecular weight is 524 g/mol. The molecule has 1 fully saturated rings. The summed E-state index contributed by atoms with van der Waals surface area (Å²) in [5, 5.41) is 7.43. The van der Waals surface area contributed by atoms with E-state index in [-0.39, 0.29) is 13.2 Å². The molecule has 1 N–H and O–H groups in total. The fourth-order valence-electron chi connectivity index (χ4n) is 3.74. The number of piperidine rings is 1. The third-order valence-electron chi connectivity index (χ3n) is 5.95. The fourth-order valence-corrected chi connectivity index (χ4v) is 3.88. The van der Waals surface area contributed by atoms with Crippen molar-refractivity contribution in [3.8, 4) is 5.75 Å². The molecule has 1 heterocycles. The topological polar surface area (TPSA) is 55.3 Å². The number of hydrogen-bond donors (Lipinski definition) is 1. The maximum absolute atomic E-state index is 12.7. The van der Waals surface area contributed by atoms with Crippen LogP contribution in [0.4, 0.5) is 13.2 Å². The van der Waals surface area contributed by atoms with E-state index in [1.54, 1.807) is 7.11 Å². The lowest BCUT2D eigenvalue weighted by Crippen LogP contribution is -2.37. The van der Waals surface area contributed by atoms with Crippen LogP contribution in [-0.4, -0.2) is 62.6 Å². The Labute approximate surface area is 215 Å². The number of nitrogens with zero attached hydrogens (tertiary/aromatic N) is 2. The number of halogens is 3. The van der Waals surface area contributed by atoms with Gasteiger partial charge in [0.1, 0.15) is 29.7 Å². The van der Waals surface area contributed by atoms with E-state index in [2.05, 4.69) is 22.4 Å². The lowest BCUT2D eigenvalue weighted by molar-refractivity contribution is -0.137. The van der Waals surface area contributed by atoms with Gasteiger partial charge in [-0.15, -0.1) is 0 Å². The standard InChI is InChI=1S/C26H32F3N3O3S/c1-32-13-11-19(12-14-32)15-30-25(36)18-34-23-9-5-21(6-10-23)24(17-33-2)31-35-16-20-3-7-22(8-4-20)26(27,28)29/h3-10,19H,11-18H2,1-2H3,(H,30,36). The number of thiocarbonyl (C=S) groups is 1. The second-order valence-electron chi connectivity index (χ2n) is 8.80. The molecule has 0 saturated carbocycles. The van der Waals surface area contributed by atoms with E-state index >= 15 is 0 Å². The molecule has 2 aromatic carbocycles. The van der Waals surface area contributed by atoms with E-state index in [0.717, 1.165) is 37.3 Å². The molecule has 10 heteroatoms. The molecule has 1 aliphatic heterocycles. The van der Waals surface area contributed by atoms with Crippen molar-refractivity contribution in [2.75, 3.05) is 47.0 Å². The van der Waals surface area contributed by atoms with E-state index in [1.165, 1.54) is 25.0 Å². The van der Waals surface area contributed by atoms with Crippen LogP contribution in [0.25, 0.3) is 0 Å². The molecule has 0 amide bonds. The zero-order valence-corrected chi connectivity index (χ0v) is 21.3. The van der Waals surface area contributed by atoms with Crippen molar-refractivity contribution < 1.29 is 27.5 Å². The van der Waals surface area contributed by atoms with Crippen LogP contribution in [-0.2, 0) is 22.4 Å². The first-order valence-corrected chi connectivity index (χ1v) is 12.2. The number of methoxy groups -OCH3 is 1. The molecule has 2 aromatic rings. The third-order valence-corrected chi connectivity index (χ3v) is 6.21. The summed E-state index contributed by atoms with van der Waals surface area (Å²) in [5.41, 5.74) is 1.20. The number of rotatable bonds is 11. The van der Waals surface area contributed by atoms with E-state index in [9.17, 15) is 13.2 Å². The van der Waals surface area contributed by atoms with Gasteiger partial charge >= 0.3 is 6.18 Å². The minimum atomic E-state index is -4.37. The van der Waals surface area contributed by atoms with Crippen LogP contribution in [0.3, 0.4) is 0 Å². The maximum atomic E-state index is 12.7. The Kier molecular flexibility index (Phi) is 10.5. The van der Waals surface area contributed by atoms with Gasteiger partial charge in [-0.2, -0.15) is 13.2 Å². The van der Waals surface area contributed by atoms with Crippen molar-refractivity contribution in [1.82, 2.24) is 10.2 Å². The Morgan fingerprint density at radius 3 is 2.33 bits per heavy atom. The first kappa shape index (κ1) is 27.9. The largest absolute Gasteiger partial charge is 0.486 e. The van der Waals surface area contributed by atoms with Crippen LogP contribution in [0.15, 0.2) is 53.7 Å². The van der Waals surface area contributed by atoms with Crippen molar-refractivity contribution in [2.24, 2.45) is 11.1 Å². The van der Waals surface area contributed by atoms with Gasteiger partial charge in [0.15, 0.2) is 0 Å². The lowest BCUT2D eigenvalue weighted by Gasteiger charge is -2.29. The van der Waals surface area contributed by atoms with Gasteiger partial charge in [0.2, 0.25) is 0 Å². The van der Waals surface area contributed by atoms with Gasteiger partial charge in [-0.05, 0) is 80.9 Å². The Balaban J connectivity index is 1.47. The zero-order valence-electron chi connectivity index (χ0n) is 20.5. The number of hydrogen-bond acceptors (Lipinski definition) is 6. The summed E-state index contributed by atoms with van der Waals surface area (Å²) in [4.78, 5) is 8.39. The summed E-state index contributed by atoms with van der Waals surface area (Å²) in [6.45, 7) is 3.66. The minimum absolute atomic E-state index is 0.0363. The third kappa shape index (κ3) is 9.07. The second kappa shape index (κ2) is 13.6. The molecule has 1 saturated heterocycles. The van der Waals surface area contributed by atoms with Crippen molar-refractivity contribution in [3.05, 3.63) is 65.2 Å². The van der Waals surface area contributed by atoms with Crippen molar-refractivity contribution in [3.63, 3.8) is 0 Å². The zero-order chi connectivity index (χ0) is 26.0. The highest BCUT2D eigenvalue weighted by molar-refractivity contribution is 7.80. The van der Waals surface area contributed by atoms with Gasteiger partial charge in [0.25, 0.3) is 0 Å². The Morgan fingerprint density at radius 1 is 1.06 bits per heavy atom. The molecule has 1 aliphatic rings. The molecular weight excluding hydrogens is 491 g/mol.